The highest BCUT2D eigenvalue weighted by Gasteiger charge is 2.17. The summed E-state index contributed by atoms with van der Waals surface area (Å²) in [6, 6.07) is 18.3. The second-order valence-electron chi connectivity index (χ2n) is 6.69. The lowest BCUT2D eigenvalue weighted by molar-refractivity contribution is 0.0940. The Morgan fingerprint density at radius 3 is 2.17 bits per heavy atom. The number of anilines is 1. The number of carbonyl (C=O) groups is 1. The lowest BCUT2D eigenvalue weighted by Gasteiger charge is -2.15. The molecule has 0 unspecified atom stereocenters. The molecule has 7 heteroatoms. The van der Waals surface area contributed by atoms with Gasteiger partial charge in [0, 0.05) is 5.56 Å². The van der Waals surface area contributed by atoms with Crippen molar-refractivity contribution in [3.63, 3.8) is 0 Å². The molecule has 1 atom stereocenters. The molecule has 3 aromatic carbocycles. The van der Waals surface area contributed by atoms with Gasteiger partial charge in [-0.3, -0.25) is 9.52 Å². The van der Waals surface area contributed by atoms with Crippen LogP contribution in [0.2, 0.25) is 0 Å². The molecule has 0 radical (unpaired) electrons. The summed E-state index contributed by atoms with van der Waals surface area (Å²) >= 11 is 0. The van der Waals surface area contributed by atoms with Gasteiger partial charge in [-0.15, -0.1) is 0 Å². The zero-order valence-corrected chi connectivity index (χ0v) is 16.8. The molecule has 1 amide bonds. The van der Waals surface area contributed by atoms with Crippen molar-refractivity contribution in [1.29, 1.82) is 0 Å². The van der Waals surface area contributed by atoms with Crippen molar-refractivity contribution in [3.05, 3.63) is 95.3 Å². The van der Waals surface area contributed by atoms with E-state index in [-0.39, 0.29) is 22.7 Å². The van der Waals surface area contributed by atoms with Crippen molar-refractivity contribution in [3.8, 4) is 0 Å². The van der Waals surface area contributed by atoms with Crippen LogP contribution in [0.15, 0.2) is 77.7 Å². The highest BCUT2D eigenvalue weighted by atomic mass is 32.2. The van der Waals surface area contributed by atoms with E-state index in [0.717, 1.165) is 11.1 Å². The van der Waals surface area contributed by atoms with E-state index in [0.29, 0.717) is 11.3 Å². The molecule has 3 rings (SSSR count). The Morgan fingerprint density at radius 1 is 0.931 bits per heavy atom. The van der Waals surface area contributed by atoms with E-state index in [1.807, 2.05) is 19.1 Å². The van der Waals surface area contributed by atoms with Crippen LogP contribution in [-0.4, -0.2) is 14.3 Å². The molecule has 0 spiro atoms. The van der Waals surface area contributed by atoms with Crippen LogP contribution in [0.25, 0.3) is 0 Å². The first-order valence-electron chi connectivity index (χ1n) is 9.01. The highest BCUT2D eigenvalue weighted by Crippen LogP contribution is 2.20. The Morgan fingerprint density at radius 2 is 1.55 bits per heavy atom. The predicted molar refractivity (Wildman–Crippen MR) is 111 cm³/mol. The minimum Gasteiger partial charge on any atom is -0.346 e. The minimum atomic E-state index is -3.77. The van der Waals surface area contributed by atoms with Gasteiger partial charge >= 0.3 is 0 Å². The molecule has 0 aliphatic heterocycles. The first-order chi connectivity index (χ1) is 13.8. The molecule has 29 heavy (non-hydrogen) atoms. The average molecular weight is 412 g/mol. The fraction of sp³-hybridized carbons (Fsp3) is 0.136. The number of hydrogen-bond donors (Lipinski definition) is 2. The van der Waals surface area contributed by atoms with Gasteiger partial charge in [0.15, 0.2) is 0 Å². The zero-order valence-electron chi connectivity index (χ0n) is 16.0. The molecule has 5 nitrogen and oxygen atoms in total. The Balaban J connectivity index is 1.71. The van der Waals surface area contributed by atoms with Crippen LogP contribution in [-0.2, 0) is 10.0 Å². The standard InChI is InChI=1S/C22H21FN2O3S/c1-15-5-3-4-6-21(15)25-29(27,28)20-13-9-18(10-14-20)22(26)24-16(2)17-7-11-19(23)12-8-17/h3-14,16,25H,1-2H3,(H,24,26)/t16-/m0/s1. The van der Waals surface area contributed by atoms with Crippen LogP contribution in [0.4, 0.5) is 10.1 Å². The SMILES string of the molecule is Cc1ccccc1NS(=O)(=O)c1ccc(C(=O)N[C@@H](C)c2ccc(F)cc2)cc1. The maximum absolute atomic E-state index is 13.0. The van der Waals surface area contributed by atoms with E-state index in [1.54, 1.807) is 31.2 Å². The van der Waals surface area contributed by atoms with Gasteiger partial charge in [-0.05, 0) is 67.4 Å². The maximum Gasteiger partial charge on any atom is 0.261 e. The molecular formula is C22H21FN2O3S. The molecule has 0 heterocycles. The number of hydrogen-bond acceptors (Lipinski definition) is 3. The normalized spacial score (nSPS) is 12.2. The lowest BCUT2D eigenvalue weighted by Crippen LogP contribution is -2.26. The summed E-state index contributed by atoms with van der Waals surface area (Å²) in [5.74, 6) is -0.694. The molecule has 0 saturated heterocycles. The first kappa shape index (κ1) is 20.5. The third-order valence-electron chi connectivity index (χ3n) is 4.53. The molecule has 0 aromatic heterocycles. The molecule has 0 saturated carbocycles. The largest absolute Gasteiger partial charge is 0.346 e. The van der Waals surface area contributed by atoms with E-state index in [1.165, 1.54) is 36.4 Å². The zero-order chi connectivity index (χ0) is 21.0. The van der Waals surface area contributed by atoms with Gasteiger partial charge in [0.25, 0.3) is 15.9 Å². The first-order valence-corrected chi connectivity index (χ1v) is 10.5. The molecule has 150 valence electrons. The summed E-state index contributed by atoms with van der Waals surface area (Å²) in [5, 5.41) is 2.81. The summed E-state index contributed by atoms with van der Waals surface area (Å²) in [6.45, 7) is 3.60. The molecule has 0 bridgehead atoms. The van der Waals surface area contributed by atoms with Gasteiger partial charge in [-0.2, -0.15) is 0 Å². The van der Waals surface area contributed by atoms with E-state index in [9.17, 15) is 17.6 Å². The molecule has 0 aliphatic carbocycles. The van der Waals surface area contributed by atoms with E-state index >= 15 is 0 Å². The number of carbonyl (C=O) groups excluding carboxylic acids is 1. The van der Waals surface area contributed by atoms with Crippen LogP contribution in [0.3, 0.4) is 0 Å². The molecular weight excluding hydrogens is 391 g/mol. The summed E-state index contributed by atoms with van der Waals surface area (Å²) in [7, 11) is -3.77. The quantitative estimate of drug-likeness (QED) is 0.629. The monoisotopic (exact) mass is 412 g/mol. The topological polar surface area (TPSA) is 75.3 Å². The number of aryl methyl sites for hydroxylation is 1. The van der Waals surface area contributed by atoms with Crippen LogP contribution in [0.5, 0.6) is 0 Å². The van der Waals surface area contributed by atoms with Gasteiger partial charge in [0.2, 0.25) is 0 Å². The minimum absolute atomic E-state index is 0.0592. The van der Waals surface area contributed by atoms with Crippen LogP contribution < -0.4 is 10.0 Å². The lowest BCUT2D eigenvalue weighted by atomic mass is 10.1. The van der Waals surface area contributed by atoms with Crippen molar-refractivity contribution >= 4 is 21.6 Å². The Kier molecular flexibility index (Phi) is 5.98. The molecule has 0 fully saturated rings. The van der Waals surface area contributed by atoms with Crippen molar-refractivity contribution in [2.75, 3.05) is 4.72 Å². The number of amides is 1. The van der Waals surface area contributed by atoms with Crippen LogP contribution in [0, 0.1) is 12.7 Å². The Bertz CT molecular complexity index is 1110. The fourth-order valence-corrected chi connectivity index (χ4v) is 3.92. The smallest absolute Gasteiger partial charge is 0.261 e. The van der Waals surface area contributed by atoms with E-state index < -0.39 is 10.0 Å². The third-order valence-corrected chi connectivity index (χ3v) is 5.92. The molecule has 2 N–H and O–H groups in total. The van der Waals surface area contributed by atoms with Gasteiger partial charge < -0.3 is 5.32 Å². The van der Waals surface area contributed by atoms with Crippen molar-refractivity contribution in [2.45, 2.75) is 24.8 Å². The summed E-state index contributed by atoms with van der Waals surface area (Å²) in [5.41, 5.74) is 2.40. The van der Waals surface area contributed by atoms with Gasteiger partial charge in [-0.1, -0.05) is 30.3 Å². The second-order valence-corrected chi connectivity index (χ2v) is 8.37. The molecule has 0 aliphatic rings. The average Bonchev–Trinajstić information content (AvgIpc) is 2.70. The number of rotatable bonds is 6. The highest BCUT2D eigenvalue weighted by molar-refractivity contribution is 7.92. The fourth-order valence-electron chi connectivity index (χ4n) is 2.79. The van der Waals surface area contributed by atoms with Gasteiger partial charge in [-0.25, -0.2) is 12.8 Å². The predicted octanol–water partition coefficient (Wildman–Crippen LogP) is 4.43. The van der Waals surface area contributed by atoms with Crippen molar-refractivity contribution < 1.29 is 17.6 Å². The Labute approximate surface area is 169 Å². The van der Waals surface area contributed by atoms with Gasteiger partial charge in [0.1, 0.15) is 5.82 Å². The number of halogens is 1. The number of benzene rings is 3. The van der Waals surface area contributed by atoms with Crippen molar-refractivity contribution in [2.24, 2.45) is 0 Å². The van der Waals surface area contributed by atoms with E-state index in [2.05, 4.69) is 10.0 Å². The summed E-state index contributed by atoms with van der Waals surface area (Å²) in [6.07, 6.45) is 0. The maximum atomic E-state index is 13.0. The van der Waals surface area contributed by atoms with E-state index in [4.69, 9.17) is 0 Å². The second kappa shape index (κ2) is 8.45. The van der Waals surface area contributed by atoms with Crippen molar-refractivity contribution in [1.82, 2.24) is 5.32 Å². The molecule has 3 aromatic rings. The third kappa shape index (κ3) is 5.00. The Hall–Kier alpha value is -3.19. The number of para-hydroxylation sites is 1. The van der Waals surface area contributed by atoms with Crippen LogP contribution >= 0.6 is 0 Å². The van der Waals surface area contributed by atoms with Crippen LogP contribution in [0.1, 0.15) is 34.5 Å². The number of sulfonamides is 1. The number of nitrogens with one attached hydrogen (secondary N) is 2. The summed E-state index contributed by atoms with van der Waals surface area (Å²) < 4.78 is 40.7. The van der Waals surface area contributed by atoms with Gasteiger partial charge in [0.05, 0.1) is 16.6 Å². The summed E-state index contributed by atoms with van der Waals surface area (Å²) in [4.78, 5) is 12.5.